The summed E-state index contributed by atoms with van der Waals surface area (Å²) in [7, 11) is 0. The van der Waals surface area contributed by atoms with Crippen LogP contribution in [0.15, 0.2) is 6.07 Å². The molecule has 0 unspecified atom stereocenters. The summed E-state index contributed by atoms with van der Waals surface area (Å²) in [6.45, 7) is 5.86. The third kappa shape index (κ3) is 1.69. The number of Topliss-reactive ketones (excluding diaryl/α,β-unsaturated/α-hetero) is 1. The van der Waals surface area contributed by atoms with Gasteiger partial charge in [-0.25, -0.2) is 0 Å². The van der Waals surface area contributed by atoms with Crippen molar-refractivity contribution < 1.29 is 14.3 Å². The van der Waals surface area contributed by atoms with Crippen molar-refractivity contribution in [3.05, 3.63) is 22.8 Å². The van der Waals surface area contributed by atoms with Crippen LogP contribution in [0.1, 0.15) is 23.6 Å². The Labute approximate surface area is 89.0 Å². The molecule has 80 valence electrons. The molecule has 0 fully saturated rings. The van der Waals surface area contributed by atoms with Crippen molar-refractivity contribution >= 4 is 5.78 Å². The van der Waals surface area contributed by atoms with Crippen molar-refractivity contribution in [2.45, 2.75) is 27.2 Å². The zero-order valence-electron chi connectivity index (χ0n) is 9.22. The van der Waals surface area contributed by atoms with E-state index in [1.165, 1.54) is 0 Å². The van der Waals surface area contributed by atoms with Crippen molar-refractivity contribution in [1.29, 1.82) is 0 Å². The number of rotatable bonds is 2. The topological polar surface area (TPSA) is 35.5 Å². The molecule has 0 radical (unpaired) electrons. The molecule has 1 aliphatic heterocycles. The minimum Gasteiger partial charge on any atom is -0.454 e. The number of carbonyl (C=O) groups is 1. The van der Waals surface area contributed by atoms with Crippen LogP contribution in [0.3, 0.4) is 0 Å². The summed E-state index contributed by atoms with van der Waals surface area (Å²) >= 11 is 0. The van der Waals surface area contributed by atoms with Gasteiger partial charge in [0.15, 0.2) is 11.5 Å². The fourth-order valence-electron chi connectivity index (χ4n) is 1.81. The van der Waals surface area contributed by atoms with Gasteiger partial charge in [0.25, 0.3) is 0 Å². The summed E-state index contributed by atoms with van der Waals surface area (Å²) in [5.74, 6) is 1.64. The first kappa shape index (κ1) is 10.0. The van der Waals surface area contributed by atoms with Crippen LogP contribution in [-0.4, -0.2) is 12.6 Å². The Morgan fingerprint density at radius 3 is 2.80 bits per heavy atom. The van der Waals surface area contributed by atoms with E-state index in [1.807, 2.05) is 19.9 Å². The van der Waals surface area contributed by atoms with Crippen LogP contribution in [0, 0.1) is 13.8 Å². The van der Waals surface area contributed by atoms with Crippen molar-refractivity contribution in [2.75, 3.05) is 6.79 Å². The second kappa shape index (κ2) is 3.57. The molecule has 0 spiro atoms. The van der Waals surface area contributed by atoms with Gasteiger partial charge in [-0.1, -0.05) is 0 Å². The largest absolute Gasteiger partial charge is 0.454 e. The van der Waals surface area contributed by atoms with E-state index in [0.29, 0.717) is 6.42 Å². The van der Waals surface area contributed by atoms with E-state index in [9.17, 15) is 4.79 Å². The quantitative estimate of drug-likeness (QED) is 0.743. The number of benzene rings is 1. The Morgan fingerprint density at radius 2 is 2.13 bits per heavy atom. The maximum absolute atomic E-state index is 11.2. The van der Waals surface area contributed by atoms with Gasteiger partial charge in [0, 0.05) is 12.0 Å². The molecule has 1 aromatic carbocycles. The second-order valence-electron chi connectivity index (χ2n) is 3.91. The van der Waals surface area contributed by atoms with Crippen molar-refractivity contribution in [3.8, 4) is 11.5 Å². The first-order valence-corrected chi connectivity index (χ1v) is 4.97. The predicted octanol–water partition coefficient (Wildman–Crippen LogP) is 2.16. The van der Waals surface area contributed by atoms with Gasteiger partial charge in [0.2, 0.25) is 6.79 Å². The lowest BCUT2D eigenvalue weighted by atomic mass is 9.98. The summed E-state index contributed by atoms with van der Waals surface area (Å²) in [6, 6.07) is 1.96. The van der Waals surface area contributed by atoms with Crippen LogP contribution in [0.5, 0.6) is 11.5 Å². The lowest BCUT2D eigenvalue weighted by molar-refractivity contribution is -0.116. The van der Waals surface area contributed by atoms with Crippen LogP contribution in [0.25, 0.3) is 0 Å². The number of hydrogen-bond acceptors (Lipinski definition) is 3. The number of ether oxygens (including phenoxy) is 2. The summed E-state index contributed by atoms with van der Waals surface area (Å²) < 4.78 is 10.7. The van der Waals surface area contributed by atoms with E-state index in [4.69, 9.17) is 9.47 Å². The fraction of sp³-hybridized carbons (Fsp3) is 0.417. The monoisotopic (exact) mass is 206 g/mol. The Bertz CT molecular complexity index is 421. The molecule has 3 heteroatoms. The Morgan fingerprint density at radius 1 is 1.40 bits per heavy atom. The molecule has 0 saturated heterocycles. The number of aryl methyl sites for hydroxylation is 1. The van der Waals surface area contributed by atoms with E-state index in [1.54, 1.807) is 6.92 Å². The summed E-state index contributed by atoms with van der Waals surface area (Å²) in [4.78, 5) is 11.2. The summed E-state index contributed by atoms with van der Waals surface area (Å²) in [5, 5.41) is 0. The third-order valence-electron chi connectivity index (χ3n) is 2.73. The van der Waals surface area contributed by atoms with E-state index in [2.05, 4.69) is 0 Å². The van der Waals surface area contributed by atoms with Gasteiger partial charge in [-0.3, -0.25) is 4.79 Å². The van der Waals surface area contributed by atoms with Gasteiger partial charge >= 0.3 is 0 Å². The second-order valence-corrected chi connectivity index (χ2v) is 3.91. The van der Waals surface area contributed by atoms with Gasteiger partial charge in [0.05, 0.1) is 0 Å². The first-order valence-electron chi connectivity index (χ1n) is 4.97. The van der Waals surface area contributed by atoms with Gasteiger partial charge in [-0.15, -0.1) is 0 Å². The molecule has 0 aliphatic carbocycles. The molecule has 0 aromatic heterocycles. The van der Waals surface area contributed by atoms with E-state index >= 15 is 0 Å². The average molecular weight is 206 g/mol. The molecule has 0 N–H and O–H groups in total. The average Bonchev–Trinajstić information content (AvgIpc) is 2.59. The van der Waals surface area contributed by atoms with Gasteiger partial charge in [-0.2, -0.15) is 0 Å². The van der Waals surface area contributed by atoms with Gasteiger partial charge in [-0.05, 0) is 38.0 Å². The Hall–Kier alpha value is -1.51. The summed E-state index contributed by atoms with van der Waals surface area (Å²) in [5.41, 5.74) is 3.22. The van der Waals surface area contributed by atoms with Crippen LogP contribution < -0.4 is 9.47 Å². The SMILES string of the molecule is CC(=O)Cc1c(C)c(C)cc2c1OCO2. The molecule has 1 aliphatic rings. The molecule has 1 heterocycles. The standard InChI is InChI=1S/C12H14O3/c1-7-4-11-12(15-6-14-11)10(9(7)3)5-8(2)13/h4H,5-6H2,1-3H3. The molecular formula is C12H14O3. The highest BCUT2D eigenvalue weighted by Crippen LogP contribution is 2.39. The highest BCUT2D eigenvalue weighted by Gasteiger charge is 2.21. The van der Waals surface area contributed by atoms with Gasteiger partial charge in [0.1, 0.15) is 5.78 Å². The minimum atomic E-state index is 0.140. The molecule has 3 nitrogen and oxygen atoms in total. The molecule has 15 heavy (non-hydrogen) atoms. The predicted molar refractivity (Wildman–Crippen MR) is 56.4 cm³/mol. The van der Waals surface area contributed by atoms with Crippen LogP contribution in [0.4, 0.5) is 0 Å². The minimum absolute atomic E-state index is 0.140. The smallest absolute Gasteiger partial charge is 0.231 e. The number of carbonyl (C=O) groups excluding carboxylic acids is 1. The molecule has 0 bridgehead atoms. The molecule has 0 atom stereocenters. The van der Waals surface area contributed by atoms with E-state index in [-0.39, 0.29) is 12.6 Å². The molecule has 1 aromatic rings. The van der Waals surface area contributed by atoms with Crippen molar-refractivity contribution in [3.63, 3.8) is 0 Å². The van der Waals surface area contributed by atoms with E-state index < -0.39 is 0 Å². The van der Waals surface area contributed by atoms with Crippen molar-refractivity contribution in [2.24, 2.45) is 0 Å². The normalized spacial score (nSPS) is 13.0. The lowest BCUT2D eigenvalue weighted by Crippen LogP contribution is -2.02. The zero-order valence-corrected chi connectivity index (χ0v) is 9.22. The van der Waals surface area contributed by atoms with Crippen LogP contribution >= 0.6 is 0 Å². The number of hydrogen-bond donors (Lipinski definition) is 0. The molecular weight excluding hydrogens is 192 g/mol. The highest BCUT2D eigenvalue weighted by atomic mass is 16.7. The van der Waals surface area contributed by atoms with Crippen molar-refractivity contribution in [1.82, 2.24) is 0 Å². The number of fused-ring (bicyclic) bond motifs is 1. The maximum Gasteiger partial charge on any atom is 0.231 e. The van der Waals surface area contributed by atoms with Crippen LogP contribution in [-0.2, 0) is 11.2 Å². The summed E-state index contributed by atoms with van der Waals surface area (Å²) in [6.07, 6.45) is 0.416. The lowest BCUT2D eigenvalue weighted by Gasteiger charge is -2.10. The highest BCUT2D eigenvalue weighted by molar-refractivity contribution is 5.80. The van der Waals surface area contributed by atoms with E-state index in [0.717, 1.165) is 28.2 Å². The van der Waals surface area contributed by atoms with Gasteiger partial charge < -0.3 is 9.47 Å². The third-order valence-corrected chi connectivity index (χ3v) is 2.73. The molecule has 0 amide bonds. The Balaban J connectivity index is 2.55. The maximum atomic E-state index is 11.2. The van der Waals surface area contributed by atoms with Crippen LogP contribution in [0.2, 0.25) is 0 Å². The molecule has 2 rings (SSSR count). The molecule has 0 saturated carbocycles. The Kier molecular flexibility index (Phi) is 2.39. The first-order chi connectivity index (χ1) is 7.09. The number of ketones is 1. The zero-order chi connectivity index (χ0) is 11.0. The fourth-order valence-corrected chi connectivity index (χ4v) is 1.81.